The van der Waals surface area contributed by atoms with Gasteiger partial charge in [-0.2, -0.15) is 9.97 Å². The van der Waals surface area contributed by atoms with Crippen LogP contribution in [0.5, 0.6) is 11.8 Å². The Kier molecular flexibility index (Phi) is 6.46. The number of amides is 1. The first-order valence-electron chi connectivity index (χ1n) is 14.4. The van der Waals surface area contributed by atoms with Crippen molar-refractivity contribution in [2.75, 3.05) is 29.9 Å². The number of anilines is 3. The Labute approximate surface area is 241 Å². The van der Waals surface area contributed by atoms with Crippen LogP contribution in [0.3, 0.4) is 0 Å². The lowest BCUT2D eigenvalue weighted by molar-refractivity contribution is 0.0996. The first-order chi connectivity index (χ1) is 20.3. The van der Waals surface area contributed by atoms with Crippen LogP contribution in [0.25, 0.3) is 10.8 Å². The van der Waals surface area contributed by atoms with Crippen molar-refractivity contribution in [3.63, 3.8) is 0 Å². The number of carbonyl (C=O) groups excluding carboxylic acids is 1. The minimum atomic E-state index is -0.883. The van der Waals surface area contributed by atoms with Crippen molar-refractivity contribution in [3.8, 4) is 11.8 Å². The zero-order chi connectivity index (χ0) is 29.0. The number of hydrogen-bond donors (Lipinski definition) is 2. The van der Waals surface area contributed by atoms with Gasteiger partial charge in [0.15, 0.2) is 5.82 Å². The molecule has 3 aliphatic heterocycles. The van der Waals surface area contributed by atoms with Crippen LogP contribution in [0.1, 0.15) is 47.8 Å². The highest BCUT2D eigenvalue weighted by molar-refractivity contribution is 6.16. The molecule has 0 aliphatic carbocycles. The lowest BCUT2D eigenvalue weighted by atomic mass is 9.95. The Bertz CT molecular complexity index is 1700. The van der Waals surface area contributed by atoms with E-state index in [1.807, 2.05) is 37.3 Å². The van der Waals surface area contributed by atoms with Crippen LogP contribution >= 0.6 is 0 Å². The van der Waals surface area contributed by atoms with Gasteiger partial charge in [0, 0.05) is 30.1 Å². The Balaban J connectivity index is 1.29. The third-order valence-electron chi connectivity index (χ3n) is 8.77. The number of para-hydroxylation sites is 1. The average molecular weight is 572 g/mol. The van der Waals surface area contributed by atoms with Crippen LogP contribution in [0.15, 0.2) is 54.6 Å². The van der Waals surface area contributed by atoms with E-state index in [0.717, 1.165) is 25.1 Å². The molecule has 42 heavy (non-hydrogen) atoms. The summed E-state index contributed by atoms with van der Waals surface area (Å²) in [6.45, 7) is 3.45. The zero-order valence-electron chi connectivity index (χ0n) is 23.2. The fourth-order valence-electron chi connectivity index (χ4n) is 6.87. The van der Waals surface area contributed by atoms with Gasteiger partial charge in [-0.1, -0.05) is 31.2 Å². The molecular formula is C32H31F2N5O3. The summed E-state index contributed by atoms with van der Waals surface area (Å²) in [5, 5.41) is 15.0. The molecule has 1 amide bonds. The molecule has 10 heteroatoms. The molecule has 4 heterocycles. The number of fused-ring (bicyclic) bond motifs is 3. The number of phenolic OH excluding ortho intramolecular Hbond substituents is 1. The van der Waals surface area contributed by atoms with E-state index in [-0.39, 0.29) is 53.6 Å². The normalized spacial score (nSPS) is 21.6. The molecule has 1 aromatic heterocycles. The number of benzene rings is 3. The first-order valence-corrected chi connectivity index (χ1v) is 14.4. The number of hydrogen-bond acceptors (Lipinski definition) is 7. The molecule has 0 spiro atoms. The number of nitrogens with zero attached hydrogens (tertiary/aromatic N) is 4. The van der Waals surface area contributed by atoms with Gasteiger partial charge >= 0.3 is 6.01 Å². The quantitative estimate of drug-likeness (QED) is 0.286. The van der Waals surface area contributed by atoms with Gasteiger partial charge in [-0.25, -0.2) is 8.78 Å². The highest BCUT2D eigenvalue weighted by atomic mass is 19.1. The van der Waals surface area contributed by atoms with Crippen molar-refractivity contribution in [1.82, 2.24) is 14.9 Å². The second-order valence-corrected chi connectivity index (χ2v) is 11.4. The van der Waals surface area contributed by atoms with Gasteiger partial charge in [-0.05, 0) is 61.0 Å². The number of aromatic hydroxyl groups is 1. The second kappa shape index (κ2) is 10.2. The van der Waals surface area contributed by atoms with Gasteiger partial charge in [0.2, 0.25) is 0 Å². The number of rotatable bonds is 7. The summed E-state index contributed by atoms with van der Waals surface area (Å²) in [6, 6.07) is 15.5. The third kappa shape index (κ3) is 4.41. The molecule has 0 bridgehead atoms. The summed E-state index contributed by atoms with van der Waals surface area (Å²) in [5.41, 5.74) is 1.94. The predicted octanol–water partition coefficient (Wildman–Crippen LogP) is 5.90. The lowest BCUT2D eigenvalue weighted by Crippen LogP contribution is -2.43. The zero-order valence-corrected chi connectivity index (χ0v) is 23.2. The van der Waals surface area contributed by atoms with Gasteiger partial charge in [0.25, 0.3) is 5.91 Å². The van der Waals surface area contributed by atoms with Crippen LogP contribution in [0, 0.1) is 5.82 Å². The van der Waals surface area contributed by atoms with E-state index in [4.69, 9.17) is 4.74 Å². The van der Waals surface area contributed by atoms with E-state index in [1.54, 1.807) is 12.1 Å². The average Bonchev–Trinajstić information content (AvgIpc) is 3.62. The fourth-order valence-corrected chi connectivity index (χ4v) is 6.87. The van der Waals surface area contributed by atoms with Gasteiger partial charge < -0.3 is 20.1 Å². The molecule has 7 rings (SSSR count). The minimum Gasteiger partial charge on any atom is -0.508 e. The Morgan fingerprint density at radius 3 is 2.81 bits per heavy atom. The summed E-state index contributed by atoms with van der Waals surface area (Å²) < 4.78 is 35.4. The molecule has 3 aliphatic rings. The van der Waals surface area contributed by atoms with Gasteiger partial charge in [-0.3, -0.25) is 9.69 Å². The molecule has 2 unspecified atom stereocenters. The second-order valence-electron chi connectivity index (χ2n) is 11.4. The van der Waals surface area contributed by atoms with E-state index >= 15 is 0 Å². The number of phenols is 1. The molecule has 0 saturated carbocycles. The maximum absolute atomic E-state index is 14.9. The standard InChI is InChI=1S/C32H31F2N5O3/c1-2-23-24(34)10-9-19-13-22(40)14-26(27(19)23)39-17-25-28(30(39)41)29(35-21-7-4-3-5-8-21)37-31(36-25)42-18-32-11-6-12-38(32)16-20(33)15-32/h3-5,7-10,13-14,20,40H,2,6,11-12,15-18H2,1H3,(H,35,36,37). The number of halogens is 2. The molecule has 216 valence electrons. The Morgan fingerprint density at radius 2 is 2.00 bits per heavy atom. The smallest absolute Gasteiger partial charge is 0.318 e. The van der Waals surface area contributed by atoms with E-state index < -0.39 is 6.17 Å². The van der Waals surface area contributed by atoms with Gasteiger partial charge in [0.05, 0.1) is 23.5 Å². The number of aromatic nitrogens is 2. The predicted molar refractivity (Wildman–Crippen MR) is 156 cm³/mol. The number of carbonyl (C=O) groups is 1. The van der Waals surface area contributed by atoms with Crippen molar-refractivity contribution in [3.05, 3.63) is 77.2 Å². The fraction of sp³-hybridized carbons (Fsp3) is 0.344. The molecular weight excluding hydrogens is 540 g/mol. The SMILES string of the molecule is CCc1c(F)ccc2cc(O)cc(N3Cc4nc(OCC56CCCN5CC(F)C6)nc(Nc5ccccc5)c4C3=O)c12. The summed E-state index contributed by atoms with van der Waals surface area (Å²) in [7, 11) is 0. The lowest BCUT2D eigenvalue weighted by Gasteiger charge is -2.30. The maximum atomic E-state index is 14.9. The van der Waals surface area contributed by atoms with E-state index in [1.165, 1.54) is 17.0 Å². The highest BCUT2D eigenvalue weighted by Crippen LogP contribution is 2.42. The Morgan fingerprint density at radius 1 is 1.17 bits per heavy atom. The molecule has 2 N–H and O–H groups in total. The van der Waals surface area contributed by atoms with Crippen LogP contribution in [-0.2, 0) is 13.0 Å². The molecule has 4 aromatic rings. The topological polar surface area (TPSA) is 90.8 Å². The highest BCUT2D eigenvalue weighted by Gasteiger charge is 2.49. The summed E-state index contributed by atoms with van der Waals surface area (Å²) >= 11 is 0. The minimum absolute atomic E-state index is 0.0317. The third-order valence-corrected chi connectivity index (χ3v) is 8.77. The summed E-state index contributed by atoms with van der Waals surface area (Å²) in [6.07, 6.45) is 1.78. The van der Waals surface area contributed by atoms with Crippen molar-refractivity contribution in [1.29, 1.82) is 0 Å². The molecule has 2 fully saturated rings. The first kappa shape index (κ1) is 26.6. The van der Waals surface area contributed by atoms with Gasteiger partial charge in [-0.15, -0.1) is 0 Å². The van der Waals surface area contributed by atoms with Crippen molar-refractivity contribution in [2.24, 2.45) is 0 Å². The van der Waals surface area contributed by atoms with Crippen molar-refractivity contribution < 1.29 is 23.4 Å². The van der Waals surface area contributed by atoms with Crippen LogP contribution < -0.4 is 15.0 Å². The number of ether oxygens (including phenoxy) is 1. The molecule has 8 nitrogen and oxygen atoms in total. The number of alkyl halides is 1. The van der Waals surface area contributed by atoms with E-state index in [9.17, 15) is 18.7 Å². The van der Waals surface area contributed by atoms with Gasteiger partial charge in [0.1, 0.15) is 29.9 Å². The number of aryl methyl sites for hydroxylation is 1. The Hall–Kier alpha value is -4.31. The van der Waals surface area contributed by atoms with Crippen LogP contribution in [0.4, 0.5) is 26.0 Å². The van der Waals surface area contributed by atoms with Crippen LogP contribution in [0.2, 0.25) is 0 Å². The number of nitrogens with one attached hydrogen (secondary N) is 1. The molecule has 2 saturated heterocycles. The van der Waals surface area contributed by atoms with Crippen LogP contribution in [-0.4, -0.2) is 57.3 Å². The molecule has 3 aromatic carbocycles. The largest absolute Gasteiger partial charge is 0.508 e. The van der Waals surface area contributed by atoms with Crippen molar-refractivity contribution >= 4 is 33.9 Å². The molecule has 2 atom stereocenters. The summed E-state index contributed by atoms with van der Waals surface area (Å²) in [4.78, 5) is 27.0. The van der Waals surface area contributed by atoms with E-state index in [0.29, 0.717) is 47.1 Å². The van der Waals surface area contributed by atoms with E-state index in [2.05, 4.69) is 20.2 Å². The molecule has 0 radical (unpaired) electrons. The summed E-state index contributed by atoms with van der Waals surface area (Å²) in [5.74, 6) is -0.484. The van der Waals surface area contributed by atoms with Crippen molar-refractivity contribution in [2.45, 2.75) is 50.9 Å². The maximum Gasteiger partial charge on any atom is 0.318 e. The monoisotopic (exact) mass is 571 g/mol.